The summed E-state index contributed by atoms with van der Waals surface area (Å²) in [7, 11) is 2.88. The molecule has 6 heteroatoms. The largest absolute Gasteiger partial charge is 0.502 e. The fourth-order valence-corrected chi connectivity index (χ4v) is 2.60. The molecule has 0 aliphatic carbocycles. The standard InChI is InChI=1S/C23H24N2O4/c1-16-7-9-17(10-8-16)11-12-25-23(27)19(15-24)6-4-5-18-13-20(28-2)22(26)21(14-18)29-3/h4-10,13-14,26H,11-12H2,1-3H3,(H,25,27)/b5-4+,19-6+. The monoisotopic (exact) mass is 392 g/mol. The Morgan fingerprint density at radius 2 is 1.79 bits per heavy atom. The SMILES string of the molecule is COc1cc(/C=C/C=C(\C#N)C(=O)NCCc2ccc(C)cc2)cc(OC)c1O. The molecule has 0 fully saturated rings. The molecular weight excluding hydrogens is 368 g/mol. The summed E-state index contributed by atoms with van der Waals surface area (Å²) in [6.07, 6.45) is 5.39. The number of hydrogen-bond donors (Lipinski definition) is 2. The summed E-state index contributed by atoms with van der Waals surface area (Å²) in [6.45, 7) is 2.46. The summed E-state index contributed by atoms with van der Waals surface area (Å²) in [5.41, 5.74) is 2.99. The van der Waals surface area contributed by atoms with Crippen LogP contribution in [0, 0.1) is 18.3 Å². The van der Waals surface area contributed by atoms with E-state index >= 15 is 0 Å². The molecule has 2 rings (SSSR count). The lowest BCUT2D eigenvalue weighted by molar-refractivity contribution is -0.117. The molecule has 6 nitrogen and oxygen atoms in total. The van der Waals surface area contributed by atoms with Crippen molar-refractivity contribution in [2.75, 3.05) is 20.8 Å². The lowest BCUT2D eigenvalue weighted by Crippen LogP contribution is -2.26. The summed E-state index contributed by atoms with van der Waals surface area (Å²) < 4.78 is 10.2. The van der Waals surface area contributed by atoms with Crippen molar-refractivity contribution in [3.8, 4) is 23.3 Å². The van der Waals surface area contributed by atoms with Crippen molar-refractivity contribution in [2.45, 2.75) is 13.3 Å². The highest BCUT2D eigenvalue weighted by Gasteiger charge is 2.10. The number of benzene rings is 2. The molecule has 0 aliphatic rings. The second-order valence-electron chi connectivity index (χ2n) is 6.32. The summed E-state index contributed by atoms with van der Waals surface area (Å²) in [4.78, 5) is 12.2. The number of phenols is 1. The van der Waals surface area contributed by atoms with E-state index in [0.29, 0.717) is 18.5 Å². The third-order valence-electron chi connectivity index (χ3n) is 4.24. The highest BCUT2D eigenvalue weighted by Crippen LogP contribution is 2.37. The molecule has 29 heavy (non-hydrogen) atoms. The van der Waals surface area contributed by atoms with Crippen LogP contribution >= 0.6 is 0 Å². The zero-order valence-electron chi connectivity index (χ0n) is 16.7. The van der Waals surface area contributed by atoms with Gasteiger partial charge in [0.1, 0.15) is 11.6 Å². The van der Waals surface area contributed by atoms with Crippen LogP contribution in [0.4, 0.5) is 0 Å². The molecule has 2 N–H and O–H groups in total. The molecule has 0 heterocycles. The average molecular weight is 392 g/mol. The summed E-state index contributed by atoms with van der Waals surface area (Å²) >= 11 is 0. The van der Waals surface area contributed by atoms with Gasteiger partial charge in [-0.3, -0.25) is 4.79 Å². The van der Waals surface area contributed by atoms with E-state index in [2.05, 4.69) is 5.32 Å². The maximum Gasteiger partial charge on any atom is 0.261 e. The number of aromatic hydroxyl groups is 1. The Balaban J connectivity index is 2.00. The number of allylic oxidation sites excluding steroid dienone is 2. The Hall–Kier alpha value is -3.72. The van der Waals surface area contributed by atoms with Crippen LogP contribution in [-0.2, 0) is 11.2 Å². The number of nitrogens with zero attached hydrogens (tertiary/aromatic N) is 1. The predicted octanol–water partition coefficient (Wildman–Crippen LogP) is 3.54. The second-order valence-corrected chi connectivity index (χ2v) is 6.32. The Morgan fingerprint density at radius 1 is 1.17 bits per heavy atom. The van der Waals surface area contributed by atoms with Gasteiger partial charge in [0.2, 0.25) is 5.75 Å². The summed E-state index contributed by atoms with van der Waals surface area (Å²) in [6, 6.07) is 13.2. The van der Waals surface area contributed by atoms with Crippen LogP contribution in [-0.4, -0.2) is 31.8 Å². The number of amides is 1. The lowest BCUT2D eigenvalue weighted by Gasteiger charge is -2.09. The van der Waals surface area contributed by atoms with Crippen molar-refractivity contribution in [3.05, 3.63) is 70.8 Å². The molecule has 1 amide bonds. The highest BCUT2D eigenvalue weighted by molar-refractivity contribution is 5.97. The molecule has 2 aromatic rings. The number of nitrogens with one attached hydrogen (secondary N) is 1. The van der Waals surface area contributed by atoms with Gasteiger partial charge in [0.25, 0.3) is 5.91 Å². The number of rotatable bonds is 8. The smallest absolute Gasteiger partial charge is 0.261 e. The quantitative estimate of drug-likeness (QED) is 0.407. The molecule has 0 saturated carbocycles. The third kappa shape index (κ3) is 6.15. The molecule has 0 bridgehead atoms. The zero-order chi connectivity index (χ0) is 21.2. The molecule has 150 valence electrons. The molecule has 0 radical (unpaired) electrons. The van der Waals surface area contributed by atoms with Crippen LogP contribution < -0.4 is 14.8 Å². The van der Waals surface area contributed by atoms with E-state index in [0.717, 1.165) is 5.56 Å². The van der Waals surface area contributed by atoms with Crippen molar-refractivity contribution in [1.82, 2.24) is 5.32 Å². The Labute approximate surface area is 170 Å². The van der Waals surface area contributed by atoms with Crippen molar-refractivity contribution in [1.29, 1.82) is 5.26 Å². The van der Waals surface area contributed by atoms with Crippen molar-refractivity contribution >= 4 is 12.0 Å². The Bertz CT molecular complexity index is 929. The van der Waals surface area contributed by atoms with Crippen molar-refractivity contribution < 1.29 is 19.4 Å². The first-order valence-corrected chi connectivity index (χ1v) is 9.05. The van der Waals surface area contributed by atoms with Crippen LogP contribution in [0.3, 0.4) is 0 Å². The number of phenolic OH excluding ortho intramolecular Hbond substituents is 1. The van der Waals surface area contributed by atoms with E-state index in [1.807, 2.05) is 37.3 Å². The first kappa shape index (κ1) is 21.6. The lowest BCUT2D eigenvalue weighted by atomic mass is 10.1. The van der Waals surface area contributed by atoms with Gasteiger partial charge in [-0.05, 0) is 42.7 Å². The number of hydrogen-bond acceptors (Lipinski definition) is 5. The number of carbonyl (C=O) groups is 1. The first-order valence-electron chi connectivity index (χ1n) is 9.05. The van der Waals surface area contributed by atoms with Crippen molar-refractivity contribution in [3.63, 3.8) is 0 Å². The van der Waals surface area contributed by atoms with E-state index in [1.54, 1.807) is 24.3 Å². The van der Waals surface area contributed by atoms with Crippen LogP contribution in [0.1, 0.15) is 16.7 Å². The maximum atomic E-state index is 12.2. The first-order chi connectivity index (χ1) is 14.0. The second kappa shape index (κ2) is 10.6. The summed E-state index contributed by atoms with van der Waals surface area (Å²) in [5.74, 6) is 0.0168. The van der Waals surface area contributed by atoms with Gasteiger partial charge >= 0.3 is 0 Å². The number of methoxy groups -OCH3 is 2. The highest BCUT2D eigenvalue weighted by atomic mass is 16.5. The van der Waals surface area contributed by atoms with Gasteiger partial charge < -0.3 is 19.9 Å². The van der Waals surface area contributed by atoms with E-state index in [1.165, 1.54) is 25.9 Å². The normalized spacial score (nSPS) is 11.2. The fourth-order valence-electron chi connectivity index (χ4n) is 2.60. The van der Waals surface area contributed by atoms with Gasteiger partial charge in [-0.1, -0.05) is 42.0 Å². The van der Waals surface area contributed by atoms with Crippen molar-refractivity contribution in [2.24, 2.45) is 0 Å². The molecule has 0 spiro atoms. The number of nitriles is 1. The third-order valence-corrected chi connectivity index (χ3v) is 4.24. The number of carbonyl (C=O) groups excluding carboxylic acids is 1. The minimum atomic E-state index is -0.426. The van der Waals surface area contributed by atoms with Crippen LogP contribution in [0.25, 0.3) is 6.08 Å². The number of ether oxygens (including phenoxy) is 2. The van der Waals surface area contributed by atoms with Gasteiger partial charge in [-0.2, -0.15) is 5.26 Å². The average Bonchev–Trinajstić information content (AvgIpc) is 2.73. The Kier molecular flexibility index (Phi) is 7.87. The predicted molar refractivity (Wildman–Crippen MR) is 112 cm³/mol. The zero-order valence-corrected chi connectivity index (χ0v) is 16.7. The van der Waals surface area contributed by atoms with Gasteiger partial charge in [0, 0.05) is 6.54 Å². The van der Waals surface area contributed by atoms with Gasteiger partial charge in [0.15, 0.2) is 11.5 Å². The number of aryl methyl sites for hydroxylation is 1. The molecule has 0 unspecified atom stereocenters. The van der Waals surface area contributed by atoms with E-state index in [-0.39, 0.29) is 22.8 Å². The maximum absolute atomic E-state index is 12.2. The van der Waals surface area contributed by atoms with Crippen LogP contribution in [0.15, 0.2) is 54.1 Å². The van der Waals surface area contributed by atoms with Gasteiger partial charge in [-0.25, -0.2) is 0 Å². The molecule has 0 atom stereocenters. The molecule has 0 aromatic heterocycles. The minimum absolute atomic E-state index is 0.00265. The topological polar surface area (TPSA) is 91.6 Å². The molecule has 2 aromatic carbocycles. The van der Waals surface area contributed by atoms with E-state index < -0.39 is 5.91 Å². The van der Waals surface area contributed by atoms with E-state index in [9.17, 15) is 15.2 Å². The fraction of sp³-hybridized carbons (Fsp3) is 0.217. The molecular formula is C23H24N2O4. The molecule has 0 aliphatic heterocycles. The summed E-state index contributed by atoms with van der Waals surface area (Å²) in [5, 5.41) is 21.9. The van der Waals surface area contributed by atoms with E-state index in [4.69, 9.17) is 9.47 Å². The molecule has 0 saturated heterocycles. The Morgan fingerprint density at radius 3 is 2.34 bits per heavy atom. The van der Waals surface area contributed by atoms with Crippen LogP contribution in [0.5, 0.6) is 17.2 Å². The van der Waals surface area contributed by atoms with Gasteiger partial charge in [0.05, 0.1) is 14.2 Å². The van der Waals surface area contributed by atoms with Crippen LogP contribution in [0.2, 0.25) is 0 Å². The van der Waals surface area contributed by atoms with Gasteiger partial charge in [-0.15, -0.1) is 0 Å². The minimum Gasteiger partial charge on any atom is -0.502 e.